The van der Waals surface area contributed by atoms with Crippen LogP contribution in [0, 0.1) is 0 Å². The molecule has 0 unspecified atom stereocenters. The number of nitrogens with two attached hydrogens (primary N) is 1. The van der Waals surface area contributed by atoms with Crippen LogP contribution >= 0.6 is 11.6 Å². The zero-order valence-corrected chi connectivity index (χ0v) is 12.1. The van der Waals surface area contributed by atoms with Gasteiger partial charge in [-0.2, -0.15) is 0 Å². The maximum absolute atomic E-state index is 6.01. The van der Waals surface area contributed by atoms with Crippen LogP contribution in [0.25, 0.3) is 5.57 Å². The molecule has 0 amide bonds. The normalized spacial score (nSPS) is 12.9. The monoisotopic (exact) mass is 274 g/mol. The first kappa shape index (κ1) is 15.1. The van der Waals surface area contributed by atoms with E-state index >= 15 is 0 Å². The number of fused-ring (bicyclic) bond motifs is 1. The summed E-state index contributed by atoms with van der Waals surface area (Å²) in [5.74, 6) is 0. The summed E-state index contributed by atoms with van der Waals surface area (Å²) in [4.78, 5) is 0. The number of allylic oxidation sites excluding steroid dienone is 3. The molecule has 1 heterocycles. The lowest BCUT2D eigenvalue weighted by atomic mass is 9.92. The van der Waals surface area contributed by atoms with Gasteiger partial charge in [-0.15, -0.1) is 0 Å². The van der Waals surface area contributed by atoms with Gasteiger partial charge >= 0.3 is 0 Å². The van der Waals surface area contributed by atoms with Crippen molar-refractivity contribution >= 4 is 22.9 Å². The third-order valence-electron chi connectivity index (χ3n) is 2.66. The SMILES string of the molecule is C=C(N)C1=C(C(=C)Cl)C(=C)c2ccccc2N1.CC. The van der Waals surface area contributed by atoms with E-state index in [4.69, 9.17) is 17.3 Å². The first-order valence-electron chi connectivity index (χ1n) is 6.12. The average Bonchev–Trinajstić information content (AvgIpc) is 2.40. The largest absolute Gasteiger partial charge is 0.398 e. The van der Waals surface area contributed by atoms with Crippen molar-refractivity contribution in [2.24, 2.45) is 5.73 Å². The molecule has 0 saturated carbocycles. The van der Waals surface area contributed by atoms with Crippen LogP contribution in [0.2, 0.25) is 0 Å². The molecule has 100 valence electrons. The Kier molecular flexibility index (Phi) is 5.02. The predicted octanol–water partition coefficient (Wildman–Crippen LogP) is 4.63. The highest BCUT2D eigenvalue weighted by molar-refractivity contribution is 6.33. The number of hydrogen-bond acceptors (Lipinski definition) is 2. The van der Waals surface area contributed by atoms with Crippen LogP contribution in [-0.2, 0) is 0 Å². The van der Waals surface area contributed by atoms with Crippen molar-refractivity contribution in [2.45, 2.75) is 13.8 Å². The maximum atomic E-state index is 6.01. The molecule has 0 saturated heterocycles. The Bertz CT molecular complexity index is 568. The van der Waals surface area contributed by atoms with Gasteiger partial charge in [-0.3, -0.25) is 0 Å². The number of anilines is 1. The first-order chi connectivity index (χ1) is 9.02. The summed E-state index contributed by atoms with van der Waals surface area (Å²) < 4.78 is 0. The van der Waals surface area contributed by atoms with Crippen molar-refractivity contribution < 1.29 is 0 Å². The molecule has 2 nitrogen and oxygen atoms in total. The number of halogens is 1. The van der Waals surface area contributed by atoms with Gasteiger partial charge in [0.25, 0.3) is 0 Å². The van der Waals surface area contributed by atoms with Gasteiger partial charge in [0, 0.05) is 27.6 Å². The van der Waals surface area contributed by atoms with Crippen LogP contribution in [0.15, 0.2) is 66.0 Å². The molecule has 1 aliphatic rings. The Labute approximate surface area is 120 Å². The van der Waals surface area contributed by atoms with E-state index in [1.54, 1.807) is 0 Å². The molecule has 0 aromatic heterocycles. The Morgan fingerprint density at radius 2 is 1.79 bits per heavy atom. The molecule has 2 rings (SSSR count). The van der Waals surface area contributed by atoms with Crippen LogP contribution < -0.4 is 11.1 Å². The number of nitrogens with one attached hydrogen (secondary N) is 1. The van der Waals surface area contributed by atoms with Crippen LogP contribution in [0.5, 0.6) is 0 Å². The molecule has 19 heavy (non-hydrogen) atoms. The molecule has 3 heteroatoms. The molecule has 0 atom stereocenters. The van der Waals surface area contributed by atoms with Crippen LogP contribution in [-0.4, -0.2) is 0 Å². The maximum Gasteiger partial charge on any atom is 0.0706 e. The zero-order valence-electron chi connectivity index (χ0n) is 11.4. The standard InChI is InChI=1S/C14H13ClN2.C2H6/c1-8-11-6-4-5-7-12(11)17-14(10(3)16)13(8)9(2)15;1-2/h4-7,17H,1-3,16H2;1-2H3. The van der Waals surface area contributed by atoms with E-state index in [2.05, 4.69) is 25.1 Å². The molecule has 0 spiro atoms. The van der Waals surface area contributed by atoms with Crippen molar-refractivity contribution in [2.75, 3.05) is 5.32 Å². The second kappa shape index (κ2) is 6.30. The highest BCUT2D eigenvalue weighted by Gasteiger charge is 2.22. The molecule has 1 aliphatic heterocycles. The number of hydrogen-bond donors (Lipinski definition) is 2. The molecule has 3 N–H and O–H groups in total. The molecular weight excluding hydrogens is 256 g/mol. The molecule has 1 aromatic carbocycles. The quantitative estimate of drug-likeness (QED) is 0.825. The summed E-state index contributed by atoms with van der Waals surface area (Å²) in [6, 6.07) is 7.82. The Morgan fingerprint density at radius 1 is 1.21 bits per heavy atom. The fourth-order valence-corrected chi connectivity index (χ4v) is 2.09. The Hall–Kier alpha value is -1.93. The second-order valence-electron chi connectivity index (χ2n) is 3.83. The summed E-state index contributed by atoms with van der Waals surface area (Å²) in [7, 11) is 0. The van der Waals surface area contributed by atoms with E-state index in [1.807, 2.05) is 38.1 Å². The van der Waals surface area contributed by atoms with Crippen molar-refractivity contribution in [1.29, 1.82) is 0 Å². The summed E-state index contributed by atoms with van der Waals surface area (Å²) >= 11 is 6.01. The topological polar surface area (TPSA) is 38.0 Å². The van der Waals surface area contributed by atoms with Crippen molar-refractivity contribution in [1.82, 2.24) is 0 Å². The third kappa shape index (κ3) is 2.91. The van der Waals surface area contributed by atoms with Gasteiger partial charge in [0.1, 0.15) is 0 Å². The molecule has 0 radical (unpaired) electrons. The minimum Gasteiger partial charge on any atom is -0.398 e. The minimum atomic E-state index is 0.401. The molecule has 1 aromatic rings. The highest BCUT2D eigenvalue weighted by atomic mass is 35.5. The van der Waals surface area contributed by atoms with Crippen molar-refractivity contribution in [3.05, 3.63) is 71.6 Å². The minimum absolute atomic E-state index is 0.401. The number of benzene rings is 1. The Morgan fingerprint density at radius 3 is 2.32 bits per heavy atom. The number of rotatable bonds is 2. The second-order valence-corrected chi connectivity index (χ2v) is 4.29. The predicted molar refractivity (Wildman–Crippen MR) is 85.8 cm³/mol. The van der Waals surface area contributed by atoms with Crippen molar-refractivity contribution in [3.63, 3.8) is 0 Å². The van der Waals surface area contributed by atoms with E-state index < -0.39 is 0 Å². The molecule has 0 bridgehead atoms. The average molecular weight is 275 g/mol. The first-order valence-corrected chi connectivity index (χ1v) is 6.49. The fourth-order valence-electron chi connectivity index (χ4n) is 1.88. The summed E-state index contributed by atoms with van der Waals surface area (Å²) in [5.41, 5.74) is 10.3. The van der Waals surface area contributed by atoms with E-state index in [9.17, 15) is 0 Å². The van der Waals surface area contributed by atoms with Gasteiger partial charge in [-0.05, 0) is 11.6 Å². The van der Waals surface area contributed by atoms with E-state index in [-0.39, 0.29) is 0 Å². The van der Waals surface area contributed by atoms with Crippen molar-refractivity contribution in [3.8, 4) is 0 Å². The fraction of sp³-hybridized carbons (Fsp3) is 0.125. The lowest BCUT2D eigenvalue weighted by Gasteiger charge is -2.26. The van der Waals surface area contributed by atoms with E-state index in [0.29, 0.717) is 16.4 Å². The molecular formula is C16H19ClN2. The van der Waals surface area contributed by atoms with Gasteiger partial charge < -0.3 is 11.1 Å². The molecule has 0 fully saturated rings. The van der Waals surface area contributed by atoms with Gasteiger partial charge in [-0.1, -0.05) is 63.4 Å². The van der Waals surface area contributed by atoms with Crippen LogP contribution in [0.1, 0.15) is 19.4 Å². The summed E-state index contributed by atoms with van der Waals surface area (Å²) in [6.07, 6.45) is 0. The van der Waals surface area contributed by atoms with Gasteiger partial charge in [0.2, 0.25) is 0 Å². The van der Waals surface area contributed by atoms with E-state index in [0.717, 1.165) is 22.4 Å². The van der Waals surface area contributed by atoms with Crippen LogP contribution in [0.4, 0.5) is 5.69 Å². The zero-order chi connectivity index (χ0) is 14.6. The Balaban J connectivity index is 0.000000861. The van der Waals surface area contributed by atoms with Gasteiger partial charge in [-0.25, -0.2) is 0 Å². The van der Waals surface area contributed by atoms with Crippen LogP contribution in [0.3, 0.4) is 0 Å². The smallest absolute Gasteiger partial charge is 0.0706 e. The number of para-hydroxylation sites is 1. The van der Waals surface area contributed by atoms with Gasteiger partial charge in [0.05, 0.1) is 5.70 Å². The highest BCUT2D eigenvalue weighted by Crippen LogP contribution is 2.40. The molecule has 0 aliphatic carbocycles. The third-order valence-corrected chi connectivity index (χ3v) is 2.84. The van der Waals surface area contributed by atoms with Gasteiger partial charge in [0.15, 0.2) is 0 Å². The summed E-state index contributed by atoms with van der Waals surface area (Å²) in [6.45, 7) is 15.5. The lowest BCUT2D eigenvalue weighted by molar-refractivity contribution is 1.25. The summed E-state index contributed by atoms with van der Waals surface area (Å²) in [5, 5.41) is 3.61. The lowest BCUT2D eigenvalue weighted by Crippen LogP contribution is -2.17. The van der Waals surface area contributed by atoms with E-state index in [1.165, 1.54) is 0 Å².